The van der Waals surface area contributed by atoms with Crippen molar-refractivity contribution in [1.29, 1.82) is 0 Å². The summed E-state index contributed by atoms with van der Waals surface area (Å²) in [5.41, 5.74) is 5.81. The number of aromatic hydroxyl groups is 1. The van der Waals surface area contributed by atoms with E-state index in [4.69, 9.17) is 14.5 Å². The highest BCUT2D eigenvalue weighted by Gasteiger charge is 2.31. The summed E-state index contributed by atoms with van der Waals surface area (Å²) in [5.74, 6) is 2.42. The van der Waals surface area contributed by atoms with Crippen LogP contribution in [0.3, 0.4) is 0 Å². The van der Waals surface area contributed by atoms with Gasteiger partial charge in [-0.25, -0.2) is 0 Å². The average Bonchev–Trinajstić information content (AvgIpc) is 2.89. The Morgan fingerprint density at radius 1 is 0.857 bits per heavy atom. The van der Waals surface area contributed by atoms with E-state index < -0.39 is 0 Å². The molecule has 1 atom stereocenters. The van der Waals surface area contributed by atoms with Crippen molar-refractivity contribution in [3.63, 3.8) is 0 Å². The minimum atomic E-state index is -0.0858. The van der Waals surface area contributed by atoms with Crippen LogP contribution in [0.5, 0.6) is 17.2 Å². The summed E-state index contributed by atoms with van der Waals surface area (Å²) in [6.45, 7) is 4.71. The SMILES string of the molecule is CCOc1ccc(C2=C(C=Nc3ccccc3O)[C@@H](c3ccccc3C)c3ccccc3O2)cc1. The molecule has 0 unspecified atom stereocenters. The summed E-state index contributed by atoms with van der Waals surface area (Å²) in [6.07, 6.45) is 1.83. The number of allylic oxidation sites excluding steroid dienone is 1. The Balaban J connectivity index is 1.73. The largest absolute Gasteiger partial charge is 0.506 e. The van der Waals surface area contributed by atoms with E-state index in [0.29, 0.717) is 12.3 Å². The summed E-state index contributed by atoms with van der Waals surface area (Å²) in [7, 11) is 0. The highest BCUT2D eigenvalue weighted by atomic mass is 16.5. The van der Waals surface area contributed by atoms with Gasteiger partial charge in [0.05, 0.1) is 6.61 Å². The number of fused-ring (bicyclic) bond motifs is 1. The van der Waals surface area contributed by atoms with Crippen LogP contribution in [0.25, 0.3) is 5.76 Å². The molecule has 174 valence electrons. The molecule has 0 saturated carbocycles. The summed E-state index contributed by atoms with van der Waals surface area (Å²) in [4.78, 5) is 4.69. The van der Waals surface area contributed by atoms with Crippen molar-refractivity contribution in [2.45, 2.75) is 19.8 Å². The minimum absolute atomic E-state index is 0.0858. The van der Waals surface area contributed by atoms with Gasteiger partial charge in [0.25, 0.3) is 0 Å². The Hall–Kier alpha value is -4.31. The number of hydrogen-bond acceptors (Lipinski definition) is 4. The molecule has 0 radical (unpaired) electrons. The molecular weight excluding hydrogens is 434 g/mol. The molecule has 0 aromatic heterocycles. The third-order valence-corrected chi connectivity index (χ3v) is 6.17. The normalized spacial score (nSPS) is 15.1. The van der Waals surface area contributed by atoms with Crippen LogP contribution in [0.2, 0.25) is 0 Å². The molecule has 0 saturated heterocycles. The van der Waals surface area contributed by atoms with Crippen molar-refractivity contribution < 1.29 is 14.6 Å². The molecule has 0 amide bonds. The molecule has 0 spiro atoms. The van der Waals surface area contributed by atoms with Crippen molar-refractivity contribution >= 4 is 17.7 Å². The van der Waals surface area contributed by atoms with Gasteiger partial charge in [0.15, 0.2) is 0 Å². The van der Waals surface area contributed by atoms with Crippen LogP contribution < -0.4 is 9.47 Å². The number of benzene rings is 4. The zero-order chi connectivity index (χ0) is 24.2. The van der Waals surface area contributed by atoms with E-state index in [1.807, 2.05) is 61.7 Å². The van der Waals surface area contributed by atoms with E-state index in [9.17, 15) is 5.11 Å². The Morgan fingerprint density at radius 2 is 1.54 bits per heavy atom. The molecule has 1 aliphatic heterocycles. The minimum Gasteiger partial charge on any atom is -0.506 e. The maximum Gasteiger partial charge on any atom is 0.141 e. The van der Waals surface area contributed by atoms with Crippen LogP contribution in [-0.2, 0) is 0 Å². The maximum absolute atomic E-state index is 10.3. The summed E-state index contributed by atoms with van der Waals surface area (Å²) < 4.78 is 12.2. The van der Waals surface area contributed by atoms with Crippen LogP contribution in [0.15, 0.2) is 108 Å². The predicted octanol–water partition coefficient (Wildman–Crippen LogP) is 7.44. The second kappa shape index (κ2) is 9.90. The zero-order valence-corrected chi connectivity index (χ0v) is 19.8. The fraction of sp³-hybridized carbons (Fsp3) is 0.129. The molecule has 0 bridgehead atoms. The number of rotatable bonds is 6. The van der Waals surface area contributed by atoms with Crippen LogP contribution >= 0.6 is 0 Å². The Morgan fingerprint density at radius 3 is 2.29 bits per heavy atom. The van der Waals surface area contributed by atoms with Gasteiger partial charge in [-0.1, -0.05) is 54.6 Å². The number of phenols is 1. The maximum atomic E-state index is 10.3. The number of aliphatic imine (C=N–C) groups is 1. The number of nitrogens with zero attached hydrogens (tertiary/aromatic N) is 1. The van der Waals surface area contributed by atoms with E-state index in [1.54, 1.807) is 18.2 Å². The zero-order valence-electron chi connectivity index (χ0n) is 19.8. The number of ether oxygens (including phenoxy) is 2. The fourth-order valence-corrected chi connectivity index (χ4v) is 4.47. The van der Waals surface area contributed by atoms with Gasteiger partial charge in [0.1, 0.15) is 28.7 Å². The number of para-hydroxylation sites is 3. The van der Waals surface area contributed by atoms with Crippen LogP contribution in [0.1, 0.15) is 35.1 Å². The van der Waals surface area contributed by atoms with E-state index in [-0.39, 0.29) is 11.7 Å². The molecule has 4 nitrogen and oxygen atoms in total. The van der Waals surface area contributed by atoms with Crippen LogP contribution in [0.4, 0.5) is 5.69 Å². The van der Waals surface area contributed by atoms with Gasteiger partial charge in [0.2, 0.25) is 0 Å². The molecule has 4 aromatic rings. The third kappa shape index (κ3) is 4.56. The Labute approximate surface area is 205 Å². The van der Waals surface area contributed by atoms with E-state index in [0.717, 1.165) is 34.0 Å². The molecule has 0 fully saturated rings. The van der Waals surface area contributed by atoms with E-state index in [2.05, 4.69) is 37.3 Å². The first-order valence-corrected chi connectivity index (χ1v) is 11.8. The highest BCUT2D eigenvalue weighted by molar-refractivity contribution is 5.95. The first-order chi connectivity index (χ1) is 17.2. The smallest absolute Gasteiger partial charge is 0.141 e. The van der Waals surface area contributed by atoms with Crippen LogP contribution in [-0.4, -0.2) is 17.9 Å². The van der Waals surface area contributed by atoms with Crippen LogP contribution in [0, 0.1) is 6.92 Å². The van der Waals surface area contributed by atoms with Gasteiger partial charge in [-0.05, 0) is 67.4 Å². The van der Waals surface area contributed by atoms with Gasteiger partial charge in [-0.15, -0.1) is 0 Å². The van der Waals surface area contributed by atoms with Gasteiger partial charge >= 0.3 is 0 Å². The monoisotopic (exact) mass is 461 g/mol. The quantitative estimate of drug-likeness (QED) is 0.304. The van der Waals surface area contributed by atoms with Gasteiger partial charge in [-0.2, -0.15) is 0 Å². The van der Waals surface area contributed by atoms with Gasteiger partial charge in [0, 0.05) is 28.8 Å². The lowest BCUT2D eigenvalue weighted by molar-refractivity contribution is 0.340. The van der Waals surface area contributed by atoms with Crippen molar-refractivity contribution in [1.82, 2.24) is 0 Å². The lowest BCUT2D eigenvalue weighted by atomic mass is 9.80. The first-order valence-electron chi connectivity index (χ1n) is 11.8. The lowest BCUT2D eigenvalue weighted by Gasteiger charge is -2.30. The second-order valence-electron chi connectivity index (χ2n) is 8.42. The molecule has 1 aliphatic rings. The first kappa shape index (κ1) is 22.5. The number of aryl methyl sites for hydroxylation is 1. The fourth-order valence-electron chi connectivity index (χ4n) is 4.47. The second-order valence-corrected chi connectivity index (χ2v) is 8.42. The molecular formula is C31H27NO3. The van der Waals surface area contributed by atoms with E-state index in [1.165, 1.54) is 11.1 Å². The molecule has 5 rings (SSSR count). The van der Waals surface area contributed by atoms with E-state index >= 15 is 0 Å². The van der Waals surface area contributed by atoms with Gasteiger partial charge in [-0.3, -0.25) is 4.99 Å². The molecule has 1 heterocycles. The molecule has 4 aromatic carbocycles. The standard InChI is InChI=1S/C31H27NO3/c1-3-34-23-18-16-22(17-19-23)31-26(20-32-27-13-7-8-14-28(27)33)30(24-11-5-4-10-21(24)2)25-12-6-9-15-29(25)35-31/h4-20,30,33H,3H2,1-2H3/t30-/m0/s1. The lowest BCUT2D eigenvalue weighted by Crippen LogP contribution is -2.18. The molecule has 4 heteroatoms. The average molecular weight is 462 g/mol. The highest BCUT2D eigenvalue weighted by Crippen LogP contribution is 2.46. The van der Waals surface area contributed by atoms with Gasteiger partial charge < -0.3 is 14.6 Å². The molecule has 35 heavy (non-hydrogen) atoms. The van der Waals surface area contributed by atoms with Crippen molar-refractivity contribution in [2.24, 2.45) is 4.99 Å². The van der Waals surface area contributed by atoms with Crippen molar-refractivity contribution in [3.8, 4) is 17.2 Å². The summed E-state index contributed by atoms with van der Waals surface area (Å²) >= 11 is 0. The predicted molar refractivity (Wildman–Crippen MR) is 141 cm³/mol. The van der Waals surface area contributed by atoms with Crippen molar-refractivity contribution in [3.05, 3.63) is 125 Å². The third-order valence-electron chi connectivity index (χ3n) is 6.17. The molecule has 1 N–H and O–H groups in total. The van der Waals surface area contributed by atoms with Crippen molar-refractivity contribution in [2.75, 3.05) is 6.61 Å². The number of phenolic OH excluding ortho intramolecular Hbond substituents is 1. The summed E-state index contributed by atoms with van der Waals surface area (Å²) in [6, 6.07) is 31.6. The Bertz CT molecular complexity index is 1400. The Kier molecular flexibility index (Phi) is 6.36. The molecule has 0 aliphatic carbocycles. The number of hydrogen-bond donors (Lipinski definition) is 1. The summed E-state index contributed by atoms with van der Waals surface area (Å²) in [5, 5.41) is 10.3. The topological polar surface area (TPSA) is 51.0 Å².